The molecule has 0 saturated heterocycles. The maximum Gasteiger partial charge on any atom is 0.320 e. The van der Waals surface area contributed by atoms with E-state index in [4.69, 9.17) is 4.74 Å². The zero-order valence-corrected chi connectivity index (χ0v) is 13.6. The Morgan fingerprint density at radius 1 is 0.958 bits per heavy atom. The Balaban J connectivity index is 2.00. The van der Waals surface area contributed by atoms with E-state index in [9.17, 15) is 9.59 Å². The first kappa shape index (κ1) is 15.8. The number of methoxy groups -OCH3 is 1. The number of ether oxygens (including phenoxy) is 1. The molecular formula is C19H18N2O3. The topological polar surface area (TPSA) is 53.2 Å². The van der Waals surface area contributed by atoms with Gasteiger partial charge in [0.1, 0.15) is 5.75 Å². The van der Waals surface area contributed by atoms with Crippen molar-refractivity contribution >= 4 is 0 Å². The van der Waals surface area contributed by atoms with E-state index in [0.717, 1.165) is 11.1 Å². The third-order valence-electron chi connectivity index (χ3n) is 3.83. The number of hydrogen-bond acceptors (Lipinski definition) is 3. The van der Waals surface area contributed by atoms with Gasteiger partial charge in [0, 0.05) is 18.5 Å². The van der Waals surface area contributed by atoms with Crippen LogP contribution in [0.25, 0.3) is 5.69 Å². The molecule has 3 rings (SSSR count). The van der Waals surface area contributed by atoms with E-state index in [1.807, 2.05) is 31.2 Å². The van der Waals surface area contributed by atoms with Crippen molar-refractivity contribution < 1.29 is 4.74 Å². The van der Waals surface area contributed by atoms with E-state index >= 15 is 0 Å². The highest BCUT2D eigenvalue weighted by Gasteiger charge is 2.08. The molecule has 5 nitrogen and oxygen atoms in total. The van der Waals surface area contributed by atoms with Gasteiger partial charge in [0.2, 0.25) is 0 Å². The van der Waals surface area contributed by atoms with Crippen LogP contribution in [-0.4, -0.2) is 16.2 Å². The molecule has 0 amide bonds. The standard InChI is InChI=1S/C19H18N2O3/c1-14-5-3-6-15(11-14)13-20-9-10-21(19(23)18(20)22)16-7-4-8-17(12-16)24-2/h3-12H,13H2,1-2H3. The Kier molecular flexibility index (Phi) is 4.33. The summed E-state index contributed by atoms with van der Waals surface area (Å²) in [5.74, 6) is 0.628. The third kappa shape index (κ3) is 3.15. The number of benzene rings is 2. The van der Waals surface area contributed by atoms with Crippen LogP contribution >= 0.6 is 0 Å². The van der Waals surface area contributed by atoms with Gasteiger partial charge in [0.15, 0.2) is 0 Å². The van der Waals surface area contributed by atoms with Crippen molar-refractivity contribution in [3.8, 4) is 11.4 Å². The Morgan fingerprint density at radius 2 is 1.75 bits per heavy atom. The van der Waals surface area contributed by atoms with Crippen LogP contribution in [0, 0.1) is 6.92 Å². The monoisotopic (exact) mass is 322 g/mol. The van der Waals surface area contributed by atoms with Crippen molar-refractivity contribution in [1.82, 2.24) is 9.13 Å². The summed E-state index contributed by atoms with van der Waals surface area (Å²) in [4.78, 5) is 24.8. The summed E-state index contributed by atoms with van der Waals surface area (Å²) in [6.07, 6.45) is 3.24. The van der Waals surface area contributed by atoms with Crippen molar-refractivity contribution in [2.45, 2.75) is 13.5 Å². The maximum atomic E-state index is 12.4. The molecule has 2 aromatic carbocycles. The number of aryl methyl sites for hydroxylation is 1. The molecule has 0 aliphatic carbocycles. The summed E-state index contributed by atoms with van der Waals surface area (Å²) in [6, 6.07) is 14.9. The second-order valence-electron chi connectivity index (χ2n) is 5.60. The van der Waals surface area contributed by atoms with Gasteiger partial charge < -0.3 is 9.30 Å². The fourth-order valence-corrected chi connectivity index (χ4v) is 2.60. The molecule has 0 spiro atoms. The quantitative estimate of drug-likeness (QED) is 0.693. The highest BCUT2D eigenvalue weighted by Crippen LogP contribution is 2.14. The number of aromatic nitrogens is 2. The molecule has 5 heteroatoms. The minimum atomic E-state index is -0.585. The van der Waals surface area contributed by atoms with Gasteiger partial charge in [-0.15, -0.1) is 0 Å². The Bertz CT molecular complexity index is 986. The molecule has 1 aromatic heterocycles. The average Bonchev–Trinajstić information content (AvgIpc) is 2.59. The van der Waals surface area contributed by atoms with E-state index in [1.165, 1.54) is 9.13 Å². The first-order valence-corrected chi connectivity index (χ1v) is 7.60. The molecule has 0 radical (unpaired) electrons. The lowest BCUT2D eigenvalue weighted by Gasteiger charge is -2.10. The van der Waals surface area contributed by atoms with E-state index < -0.39 is 11.1 Å². The van der Waals surface area contributed by atoms with Gasteiger partial charge in [-0.3, -0.25) is 14.2 Å². The lowest BCUT2D eigenvalue weighted by Crippen LogP contribution is -2.40. The molecule has 0 atom stereocenters. The first-order valence-electron chi connectivity index (χ1n) is 7.60. The molecule has 24 heavy (non-hydrogen) atoms. The molecule has 0 unspecified atom stereocenters. The SMILES string of the molecule is COc1cccc(-n2ccn(Cc3cccc(C)c3)c(=O)c2=O)c1. The van der Waals surface area contributed by atoms with E-state index in [-0.39, 0.29) is 0 Å². The zero-order chi connectivity index (χ0) is 17.1. The van der Waals surface area contributed by atoms with Crippen LogP contribution in [0.5, 0.6) is 5.75 Å². The molecular weight excluding hydrogens is 304 g/mol. The molecule has 0 bridgehead atoms. The van der Waals surface area contributed by atoms with Gasteiger partial charge in [0.05, 0.1) is 19.3 Å². The Morgan fingerprint density at radius 3 is 2.50 bits per heavy atom. The van der Waals surface area contributed by atoms with Crippen LogP contribution < -0.4 is 15.9 Å². The Labute approximate surface area is 139 Å². The van der Waals surface area contributed by atoms with E-state index in [2.05, 4.69) is 0 Å². The zero-order valence-electron chi connectivity index (χ0n) is 13.6. The molecule has 0 fully saturated rings. The van der Waals surface area contributed by atoms with Crippen LogP contribution in [0.3, 0.4) is 0 Å². The van der Waals surface area contributed by atoms with Gasteiger partial charge in [-0.05, 0) is 24.6 Å². The second kappa shape index (κ2) is 6.58. The van der Waals surface area contributed by atoms with Crippen LogP contribution in [0.1, 0.15) is 11.1 Å². The predicted octanol–water partition coefficient (Wildman–Crippen LogP) is 2.36. The minimum Gasteiger partial charge on any atom is -0.497 e. The molecule has 0 saturated carbocycles. The molecule has 3 aromatic rings. The summed E-state index contributed by atoms with van der Waals surface area (Å²) in [5, 5.41) is 0. The molecule has 0 aliphatic rings. The summed E-state index contributed by atoms with van der Waals surface area (Å²) in [7, 11) is 1.56. The second-order valence-corrected chi connectivity index (χ2v) is 5.60. The van der Waals surface area contributed by atoms with Crippen LogP contribution in [0.15, 0.2) is 70.5 Å². The van der Waals surface area contributed by atoms with E-state index in [0.29, 0.717) is 18.0 Å². The third-order valence-corrected chi connectivity index (χ3v) is 3.83. The molecule has 0 N–H and O–H groups in total. The Hall–Kier alpha value is -3.08. The van der Waals surface area contributed by atoms with Gasteiger partial charge in [-0.25, -0.2) is 0 Å². The highest BCUT2D eigenvalue weighted by atomic mass is 16.5. The van der Waals surface area contributed by atoms with Crippen molar-refractivity contribution in [3.63, 3.8) is 0 Å². The summed E-state index contributed by atoms with van der Waals surface area (Å²) < 4.78 is 7.92. The van der Waals surface area contributed by atoms with Gasteiger partial charge >= 0.3 is 11.1 Å². The van der Waals surface area contributed by atoms with Crippen LogP contribution in [0.2, 0.25) is 0 Å². The summed E-state index contributed by atoms with van der Waals surface area (Å²) >= 11 is 0. The van der Waals surface area contributed by atoms with Gasteiger partial charge in [-0.2, -0.15) is 0 Å². The van der Waals surface area contributed by atoms with Crippen molar-refractivity contribution in [2.24, 2.45) is 0 Å². The molecule has 0 aliphatic heterocycles. The van der Waals surface area contributed by atoms with Crippen molar-refractivity contribution in [1.29, 1.82) is 0 Å². The largest absolute Gasteiger partial charge is 0.497 e. The lowest BCUT2D eigenvalue weighted by molar-refractivity contribution is 0.414. The van der Waals surface area contributed by atoms with Crippen LogP contribution in [0.4, 0.5) is 0 Å². The predicted molar refractivity (Wildman–Crippen MR) is 93.1 cm³/mol. The van der Waals surface area contributed by atoms with Crippen LogP contribution in [-0.2, 0) is 6.54 Å². The molecule has 122 valence electrons. The first-order chi connectivity index (χ1) is 11.6. The number of nitrogens with zero attached hydrogens (tertiary/aromatic N) is 2. The van der Waals surface area contributed by atoms with E-state index in [1.54, 1.807) is 43.8 Å². The normalized spacial score (nSPS) is 10.6. The van der Waals surface area contributed by atoms with Crippen molar-refractivity contribution in [3.05, 3.63) is 92.8 Å². The molecule has 1 heterocycles. The fraction of sp³-hybridized carbons (Fsp3) is 0.158. The smallest absolute Gasteiger partial charge is 0.320 e. The van der Waals surface area contributed by atoms with Gasteiger partial charge in [-0.1, -0.05) is 35.9 Å². The highest BCUT2D eigenvalue weighted by molar-refractivity contribution is 5.39. The fourth-order valence-electron chi connectivity index (χ4n) is 2.60. The van der Waals surface area contributed by atoms with Crippen molar-refractivity contribution in [2.75, 3.05) is 7.11 Å². The summed E-state index contributed by atoms with van der Waals surface area (Å²) in [5.41, 5.74) is 1.56. The van der Waals surface area contributed by atoms with Gasteiger partial charge in [0.25, 0.3) is 0 Å². The minimum absolute atomic E-state index is 0.370. The lowest BCUT2D eigenvalue weighted by atomic mass is 10.1. The average molecular weight is 322 g/mol. The maximum absolute atomic E-state index is 12.4. The number of hydrogen-bond donors (Lipinski definition) is 0. The summed E-state index contributed by atoms with van der Waals surface area (Å²) in [6.45, 7) is 2.36. The number of rotatable bonds is 4.